The van der Waals surface area contributed by atoms with Crippen LogP contribution in [0.2, 0.25) is 0 Å². The third-order valence-corrected chi connectivity index (χ3v) is 2.88. The van der Waals surface area contributed by atoms with E-state index in [9.17, 15) is 5.11 Å². The van der Waals surface area contributed by atoms with Gasteiger partial charge in [-0.15, -0.1) is 0 Å². The minimum absolute atomic E-state index is 0.0729. The molecular formula is C16H18O. The predicted octanol–water partition coefficient (Wildman–Crippen LogP) is 4.36. The Kier molecular flexibility index (Phi) is 2.93. The van der Waals surface area contributed by atoms with E-state index < -0.39 is 0 Å². The predicted molar refractivity (Wildman–Crippen MR) is 72.2 cm³/mol. The summed E-state index contributed by atoms with van der Waals surface area (Å²) >= 11 is 0. The molecule has 0 saturated heterocycles. The Balaban J connectivity index is 2.67. The van der Waals surface area contributed by atoms with E-state index >= 15 is 0 Å². The van der Waals surface area contributed by atoms with Gasteiger partial charge in [-0.2, -0.15) is 0 Å². The molecule has 0 atom stereocenters. The molecule has 1 heteroatoms. The van der Waals surface area contributed by atoms with Crippen LogP contribution >= 0.6 is 0 Å². The van der Waals surface area contributed by atoms with Crippen molar-refractivity contribution in [3.63, 3.8) is 0 Å². The summed E-state index contributed by atoms with van der Waals surface area (Å²) < 4.78 is 0. The monoisotopic (exact) mass is 226 g/mol. The average Bonchev–Trinajstić information content (AvgIpc) is 2.28. The molecule has 88 valence electrons. The van der Waals surface area contributed by atoms with Crippen molar-refractivity contribution in [2.24, 2.45) is 0 Å². The van der Waals surface area contributed by atoms with Gasteiger partial charge in [0, 0.05) is 5.56 Å². The van der Waals surface area contributed by atoms with Crippen molar-refractivity contribution in [3.05, 3.63) is 54.1 Å². The van der Waals surface area contributed by atoms with E-state index in [0.29, 0.717) is 5.75 Å². The van der Waals surface area contributed by atoms with Crippen molar-refractivity contribution >= 4 is 0 Å². The highest BCUT2D eigenvalue weighted by Crippen LogP contribution is 2.38. The van der Waals surface area contributed by atoms with Crippen molar-refractivity contribution in [1.29, 1.82) is 0 Å². The van der Waals surface area contributed by atoms with Crippen LogP contribution in [-0.4, -0.2) is 5.11 Å². The molecule has 0 saturated carbocycles. The molecule has 0 bridgehead atoms. The molecule has 0 spiro atoms. The summed E-state index contributed by atoms with van der Waals surface area (Å²) in [5.74, 6) is 0.374. The maximum absolute atomic E-state index is 10.1. The van der Waals surface area contributed by atoms with E-state index in [1.165, 1.54) is 0 Å². The summed E-state index contributed by atoms with van der Waals surface area (Å²) in [6.45, 7) is 6.36. The van der Waals surface area contributed by atoms with E-state index in [2.05, 4.69) is 39.0 Å². The molecule has 1 N–H and O–H groups in total. The summed E-state index contributed by atoms with van der Waals surface area (Å²) in [7, 11) is 0. The van der Waals surface area contributed by atoms with E-state index in [0.717, 1.165) is 16.7 Å². The summed E-state index contributed by atoms with van der Waals surface area (Å²) in [5, 5.41) is 10.1. The minimum atomic E-state index is -0.0729. The second-order valence-corrected chi connectivity index (χ2v) is 5.32. The van der Waals surface area contributed by atoms with Crippen LogP contribution in [-0.2, 0) is 5.41 Å². The Morgan fingerprint density at radius 2 is 1.47 bits per heavy atom. The maximum Gasteiger partial charge on any atom is 0.119 e. The molecule has 0 aliphatic heterocycles. The lowest BCUT2D eigenvalue weighted by Gasteiger charge is -2.24. The number of phenolic OH excluding ortho intramolecular Hbond substituents is 1. The number of hydrogen-bond acceptors (Lipinski definition) is 1. The second-order valence-electron chi connectivity index (χ2n) is 5.32. The average molecular weight is 226 g/mol. The van der Waals surface area contributed by atoms with Crippen LogP contribution in [0.15, 0.2) is 48.5 Å². The zero-order valence-electron chi connectivity index (χ0n) is 10.6. The zero-order valence-corrected chi connectivity index (χ0v) is 10.6. The molecule has 0 amide bonds. The maximum atomic E-state index is 10.1. The van der Waals surface area contributed by atoms with Gasteiger partial charge in [-0.05, 0) is 22.6 Å². The Bertz CT molecular complexity index is 507. The van der Waals surface area contributed by atoms with Gasteiger partial charge in [0.1, 0.15) is 5.75 Å². The highest BCUT2D eigenvalue weighted by molar-refractivity contribution is 5.71. The fourth-order valence-corrected chi connectivity index (χ4v) is 2.19. The summed E-state index contributed by atoms with van der Waals surface area (Å²) in [6, 6.07) is 15.9. The molecule has 17 heavy (non-hydrogen) atoms. The van der Waals surface area contributed by atoms with Gasteiger partial charge in [0.2, 0.25) is 0 Å². The molecule has 0 aromatic heterocycles. The minimum Gasteiger partial charge on any atom is -0.508 e. The van der Waals surface area contributed by atoms with Crippen LogP contribution in [0.3, 0.4) is 0 Å². The van der Waals surface area contributed by atoms with E-state index in [1.54, 1.807) is 6.07 Å². The first-order valence-electron chi connectivity index (χ1n) is 5.88. The molecule has 0 radical (unpaired) electrons. The van der Waals surface area contributed by atoms with Crippen LogP contribution in [0.1, 0.15) is 26.3 Å². The van der Waals surface area contributed by atoms with Gasteiger partial charge in [0.05, 0.1) is 0 Å². The molecule has 1 nitrogen and oxygen atoms in total. The lowest BCUT2D eigenvalue weighted by atomic mass is 9.81. The number of phenols is 1. The smallest absolute Gasteiger partial charge is 0.119 e. The van der Waals surface area contributed by atoms with Crippen LogP contribution in [0.25, 0.3) is 11.1 Å². The van der Waals surface area contributed by atoms with Gasteiger partial charge < -0.3 is 5.11 Å². The molecule has 0 heterocycles. The third kappa shape index (κ3) is 2.33. The van der Waals surface area contributed by atoms with E-state index in [-0.39, 0.29) is 5.41 Å². The quantitative estimate of drug-likeness (QED) is 0.766. The largest absolute Gasteiger partial charge is 0.508 e. The number of benzene rings is 2. The van der Waals surface area contributed by atoms with Gasteiger partial charge in [0.15, 0.2) is 0 Å². The molecule has 2 aromatic carbocycles. The lowest BCUT2D eigenvalue weighted by Crippen LogP contribution is -2.13. The van der Waals surface area contributed by atoms with Crippen molar-refractivity contribution in [2.45, 2.75) is 26.2 Å². The fourth-order valence-electron chi connectivity index (χ4n) is 2.19. The van der Waals surface area contributed by atoms with Gasteiger partial charge in [-0.1, -0.05) is 63.2 Å². The standard InChI is InChI=1S/C16H18O/c1-16(2,3)15-13(10-7-11-14(15)17)12-8-5-4-6-9-12/h4-11,17H,1-3H3. The molecule has 0 unspecified atom stereocenters. The van der Waals surface area contributed by atoms with Gasteiger partial charge in [0.25, 0.3) is 0 Å². The highest BCUT2D eigenvalue weighted by Gasteiger charge is 2.22. The SMILES string of the molecule is CC(C)(C)c1c(O)cccc1-c1ccccc1. The highest BCUT2D eigenvalue weighted by atomic mass is 16.3. The van der Waals surface area contributed by atoms with Crippen LogP contribution in [0.4, 0.5) is 0 Å². The fraction of sp³-hybridized carbons (Fsp3) is 0.250. The summed E-state index contributed by atoms with van der Waals surface area (Å²) in [6.07, 6.45) is 0. The number of aromatic hydroxyl groups is 1. The Morgan fingerprint density at radius 3 is 2.06 bits per heavy atom. The van der Waals surface area contributed by atoms with E-state index in [4.69, 9.17) is 0 Å². The van der Waals surface area contributed by atoms with Gasteiger partial charge in [-0.25, -0.2) is 0 Å². The van der Waals surface area contributed by atoms with Crippen LogP contribution in [0.5, 0.6) is 5.75 Å². The van der Waals surface area contributed by atoms with Gasteiger partial charge >= 0.3 is 0 Å². The Hall–Kier alpha value is -1.76. The molecule has 2 rings (SSSR count). The van der Waals surface area contributed by atoms with Crippen LogP contribution < -0.4 is 0 Å². The number of rotatable bonds is 1. The normalized spacial score (nSPS) is 11.5. The molecular weight excluding hydrogens is 208 g/mol. The first-order valence-corrected chi connectivity index (χ1v) is 5.88. The number of hydrogen-bond donors (Lipinski definition) is 1. The molecule has 0 aliphatic carbocycles. The van der Waals surface area contributed by atoms with Crippen molar-refractivity contribution in [1.82, 2.24) is 0 Å². The lowest BCUT2D eigenvalue weighted by molar-refractivity contribution is 0.447. The molecule has 0 fully saturated rings. The molecule has 2 aromatic rings. The van der Waals surface area contributed by atoms with Crippen molar-refractivity contribution in [2.75, 3.05) is 0 Å². The van der Waals surface area contributed by atoms with Gasteiger partial charge in [-0.3, -0.25) is 0 Å². The first-order chi connectivity index (χ1) is 8.00. The topological polar surface area (TPSA) is 20.2 Å². The molecule has 0 aliphatic rings. The second kappa shape index (κ2) is 4.25. The first kappa shape index (κ1) is 11.7. The van der Waals surface area contributed by atoms with Crippen molar-refractivity contribution in [3.8, 4) is 16.9 Å². The Labute approximate surface area is 103 Å². The third-order valence-electron chi connectivity index (χ3n) is 2.88. The summed E-state index contributed by atoms with van der Waals surface area (Å²) in [4.78, 5) is 0. The Morgan fingerprint density at radius 1 is 0.824 bits per heavy atom. The van der Waals surface area contributed by atoms with Crippen LogP contribution in [0, 0.1) is 0 Å². The zero-order chi connectivity index (χ0) is 12.5. The van der Waals surface area contributed by atoms with E-state index in [1.807, 2.05) is 24.3 Å². The van der Waals surface area contributed by atoms with Crippen molar-refractivity contribution < 1.29 is 5.11 Å². The summed E-state index contributed by atoms with van der Waals surface area (Å²) in [5.41, 5.74) is 3.19.